The van der Waals surface area contributed by atoms with Crippen LogP contribution in [-0.4, -0.2) is 13.7 Å². The summed E-state index contributed by atoms with van der Waals surface area (Å²) < 4.78 is 7.24. The van der Waals surface area contributed by atoms with Gasteiger partial charge in [-0.25, -0.2) is 0 Å². The summed E-state index contributed by atoms with van der Waals surface area (Å²) in [4.78, 5) is 1.42. The fourth-order valence-electron chi connectivity index (χ4n) is 1.81. The molecule has 0 amide bonds. The van der Waals surface area contributed by atoms with Gasteiger partial charge in [-0.05, 0) is 67.4 Å². The van der Waals surface area contributed by atoms with Gasteiger partial charge in [-0.2, -0.15) is 0 Å². The molecule has 0 aliphatic heterocycles. The van der Waals surface area contributed by atoms with E-state index in [2.05, 4.69) is 66.8 Å². The lowest BCUT2D eigenvalue weighted by Crippen LogP contribution is -2.16. The van der Waals surface area contributed by atoms with E-state index in [1.165, 1.54) is 10.4 Å². The van der Waals surface area contributed by atoms with Crippen molar-refractivity contribution in [3.05, 3.63) is 49.0 Å². The number of methoxy groups -OCH3 is 1. The predicted molar refractivity (Wildman–Crippen MR) is 88.1 cm³/mol. The minimum Gasteiger partial charge on any atom is -0.494 e. The summed E-state index contributed by atoms with van der Waals surface area (Å²) in [6, 6.07) is 8.44. The lowest BCUT2D eigenvalue weighted by atomic mass is 10.2. The van der Waals surface area contributed by atoms with Crippen molar-refractivity contribution in [1.29, 1.82) is 0 Å². The van der Waals surface area contributed by atoms with Crippen LogP contribution in [0, 0.1) is 0 Å². The molecule has 5 heteroatoms. The SMILES string of the molecule is COc1c(Br)cc(CNCCc2cccs2)cc1Br. The van der Waals surface area contributed by atoms with Gasteiger partial charge in [0.15, 0.2) is 0 Å². The number of nitrogens with one attached hydrogen (secondary N) is 1. The van der Waals surface area contributed by atoms with E-state index in [1.54, 1.807) is 7.11 Å². The first-order chi connectivity index (χ1) is 9.20. The number of halogens is 2. The van der Waals surface area contributed by atoms with Crippen molar-refractivity contribution in [2.24, 2.45) is 0 Å². The first-order valence-corrected chi connectivity index (χ1v) is 8.42. The number of benzene rings is 1. The molecule has 2 nitrogen and oxygen atoms in total. The summed E-state index contributed by atoms with van der Waals surface area (Å²) in [5, 5.41) is 5.57. The van der Waals surface area contributed by atoms with Crippen LogP contribution in [0.5, 0.6) is 5.75 Å². The third-order valence-electron chi connectivity index (χ3n) is 2.72. The van der Waals surface area contributed by atoms with E-state index < -0.39 is 0 Å². The number of ether oxygens (including phenoxy) is 1. The number of hydrogen-bond donors (Lipinski definition) is 1. The highest BCUT2D eigenvalue weighted by Crippen LogP contribution is 2.34. The smallest absolute Gasteiger partial charge is 0.147 e. The normalized spacial score (nSPS) is 10.7. The quantitative estimate of drug-likeness (QED) is 0.709. The Kier molecular flexibility index (Phi) is 5.88. The molecule has 0 fully saturated rings. The molecule has 0 atom stereocenters. The number of hydrogen-bond acceptors (Lipinski definition) is 3. The van der Waals surface area contributed by atoms with Crippen molar-refractivity contribution in [3.63, 3.8) is 0 Å². The molecule has 0 unspecified atom stereocenters. The molecular formula is C14H15Br2NOS. The average molecular weight is 405 g/mol. The predicted octanol–water partition coefficient (Wildman–Crippen LogP) is 4.61. The van der Waals surface area contributed by atoms with Crippen LogP contribution in [0.2, 0.25) is 0 Å². The topological polar surface area (TPSA) is 21.3 Å². The number of rotatable bonds is 6. The Hall–Kier alpha value is -0.360. The van der Waals surface area contributed by atoms with Crippen LogP contribution < -0.4 is 10.1 Å². The Morgan fingerprint density at radius 1 is 1.26 bits per heavy atom. The van der Waals surface area contributed by atoms with Gasteiger partial charge in [-0.1, -0.05) is 6.07 Å². The van der Waals surface area contributed by atoms with Crippen molar-refractivity contribution in [2.45, 2.75) is 13.0 Å². The second kappa shape index (κ2) is 7.43. The van der Waals surface area contributed by atoms with Crippen molar-refractivity contribution >= 4 is 43.2 Å². The zero-order valence-electron chi connectivity index (χ0n) is 10.6. The molecule has 1 aromatic heterocycles. The molecule has 2 aromatic rings. The van der Waals surface area contributed by atoms with Gasteiger partial charge in [0.2, 0.25) is 0 Å². The third kappa shape index (κ3) is 4.31. The Balaban J connectivity index is 1.86. The first kappa shape index (κ1) is 15.0. The largest absolute Gasteiger partial charge is 0.494 e. The van der Waals surface area contributed by atoms with Gasteiger partial charge >= 0.3 is 0 Å². The van der Waals surface area contributed by atoms with Crippen LogP contribution in [0.4, 0.5) is 0 Å². The van der Waals surface area contributed by atoms with Gasteiger partial charge in [0.25, 0.3) is 0 Å². The van der Waals surface area contributed by atoms with Crippen molar-refractivity contribution in [3.8, 4) is 5.75 Å². The van der Waals surface area contributed by atoms with Gasteiger partial charge < -0.3 is 10.1 Å². The van der Waals surface area contributed by atoms with Gasteiger partial charge in [-0.15, -0.1) is 11.3 Å². The van der Waals surface area contributed by atoms with E-state index >= 15 is 0 Å². The second-order valence-corrected chi connectivity index (χ2v) is 6.84. The Labute approximate surface area is 134 Å². The summed E-state index contributed by atoms with van der Waals surface area (Å²) >= 11 is 8.84. The molecule has 19 heavy (non-hydrogen) atoms. The van der Waals surface area contributed by atoms with Gasteiger partial charge in [0, 0.05) is 18.0 Å². The van der Waals surface area contributed by atoms with Crippen molar-refractivity contribution in [1.82, 2.24) is 5.32 Å². The fraction of sp³-hybridized carbons (Fsp3) is 0.286. The lowest BCUT2D eigenvalue weighted by molar-refractivity contribution is 0.409. The van der Waals surface area contributed by atoms with Gasteiger partial charge in [0.1, 0.15) is 5.75 Å². The minimum atomic E-state index is 0.835. The molecule has 0 spiro atoms. The van der Waals surface area contributed by atoms with Crippen LogP contribution in [-0.2, 0) is 13.0 Å². The maximum Gasteiger partial charge on any atom is 0.147 e. The Morgan fingerprint density at radius 2 is 2.00 bits per heavy atom. The van der Waals surface area contributed by atoms with Crippen molar-refractivity contribution in [2.75, 3.05) is 13.7 Å². The van der Waals surface area contributed by atoms with E-state index in [1.807, 2.05) is 11.3 Å². The number of thiophene rings is 1. The fourth-order valence-corrected chi connectivity index (χ4v) is 4.12. The highest BCUT2D eigenvalue weighted by Gasteiger charge is 2.07. The first-order valence-electron chi connectivity index (χ1n) is 5.95. The highest BCUT2D eigenvalue weighted by molar-refractivity contribution is 9.11. The molecule has 0 saturated carbocycles. The van der Waals surface area contributed by atoms with Crippen LogP contribution in [0.1, 0.15) is 10.4 Å². The molecule has 2 rings (SSSR count). The van der Waals surface area contributed by atoms with E-state index in [0.29, 0.717) is 0 Å². The second-order valence-electron chi connectivity index (χ2n) is 4.10. The molecule has 102 valence electrons. The zero-order valence-corrected chi connectivity index (χ0v) is 14.6. The van der Waals surface area contributed by atoms with E-state index in [4.69, 9.17) is 4.74 Å². The average Bonchev–Trinajstić information content (AvgIpc) is 2.87. The zero-order chi connectivity index (χ0) is 13.7. The molecule has 0 bridgehead atoms. The molecule has 1 aromatic carbocycles. The summed E-state index contributed by atoms with van der Waals surface area (Å²) in [6.07, 6.45) is 1.08. The molecule has 1 heterocycles. The van der Waals surface area contributed by atoms with Crippen LogP contribution in [0.3, 0.4) is 0 Å². The summed E-state index contributed by atoms with van der Waals surface area (Å²) in [5.74, 6) is 0.835. The van der Waals surface area contributed by atoms with Crippen LogP contribution in [0.15, 0.2) is 38.6 Å². The van der Waals surface area contributed by atoms with E-state index in [-0.39, 0.29) is 0 Å². The molecule has 0 radical (unpaired) electrons. The monoisotopic (exact) mass is 403 g/mol. The minimum absolute atomic E-state index is 0.835. The third-order valence-corrected chi connectivity index (χ3v) is 4.83. The van der Waals surface area contributed by atoms with Gasteiger partial charge in [0.05, 0.1) is 16.1 Å². The molecule has 0 saturated heterocycles. The van der Waals surface area contributed by atoms with Gasteiger partial charge in [-0.3, -0.25) is 0 Å². The van der Waals surface area contributed by atoms with E-state index in [9.17, 15) is 0 Å². The summed E-state index contributed by atoms with van der Waals surface area (Å²) in [5.41, 5.74) is 1.23. The lowest BCUT2D eigenvalue weighted by Gasteiger charge is -2.10. The maximum absolute atomic E-state index is 5.29. The molecular weight excluding hydrogens is 390 g/mol. The van der Waals surface area contributed by atoms with Crippen LogP contribution in [0.25, 0.3) is 0 Å². The Bertz CT molecular complexity index is 505. The molecule has 0 aliphatic carbocycles. The van der Waals surface area contributed by atoms with Crippen LogP contribution >= 0.6 is 43.2 Å². The standard InChI is InChI=1S/C14H15Br2NOS/c1-18-14-12(15)7-10(8-13(14)16)9-17-5-4-11-3-2-6-19-11/h2-3,6-8,17H,4-5,9H2,1H3. The molecule has 0 aliphatic rings. The Morgan fingerprint density at radius 3 is 2.58 bits per heavy atom. The summed E-state index contributed by atoms with van der Waals surface area (Å²) in [6.45, 7) is 1.84. The summed E-state index contributed by atoms with van der Waals surface area (Å²) in [7, 11) is 1.67. The van der Waals surface area contributed by atoms with E-state index in [0.717, 1.165) is 34.2 Å². The maximum atomic E-state index is 5.29. The molecule has 1 N–H and O–H groups in total. The van der Waals surface area contributed by atoms with Crippen molar-refractivity contribution < 1.29 is 4.74 Å². The highest BCUT2D eigenvalue weighted by atomic mass is 79.9.